The molecule has 644 valence electrons. The number of nitrogens with one attached hydrogen (secondary N) is 2. The number of carbonyl (C=O) groups is 8. The Morgan fingerprint density at radius 2 is 0.915 bits per heavy atom. The van der Waals surface area contributed by atoms with E-state index in [2.05, 4.69) is 33.3 Å². The molecule has 8 heterocycles. The number of pyridine rings is 2. The van der Waals surface area contributed by atoms with E-state index >= 15 is 0 Å². The van der Waals surface area contributed by atoms with Crippen molar-refractivity contribution in [1.29, 1.82) is 0 Å². The highest BCUT2D eigenvalue weighted by Crippen LogP contribution is 2.60. The number of esters is 2. The number of nitrogens with zero attached hydrogens (tertiary/aromatic N) is 4. The van der Waals surface area contributed by atoms with Crippen LogP contribution >= 0.6 is 0 Å². The Kier molecular flexibility index (Phi) is 26.9. The smallest absolute Gasteiger partial charge is 0.307 e. The molecule has 4 aliphatic carbocycles. The number of rotatable bonds is 26. The number of benzene rings is 2. The van der Waals surface area contributed by atoms with Crippen molar-refractivity contribution in [2.75, 3.05) is 94.4 Å². The average Bonchev–Trinajstić information content (AvgIpc) is 1.57. The monoisotopic (exact) mass is 1680 g/mol. The number of aromatic nitrogens is 2. The van der Waals surface area contributed by atoms with Crippen LogP contribution in [0.1, 0.15) is 157 Å². The van der Waals surface area contributed by atoms with Crippen molar-refractivity contribution < 1.29 is 112 Å². The van der Waals surface area contributed by atoms with Gasteiger partial charge in [-0.05, 0) is 163 Å². The number of allylic oxidation sites excluding steroid dienone is 4. The van der Waals surface area contributed by atoms with Gasteiger partial charge in [0.2, 0.25) is 55.4 Å². The number of Topliss-reactive ketones (excluding diaryl/α,β-unsaturated/α-hetero) is 2. The number of fused-ring (bicyclic) bond motifs is 6. The number of methoxy groups -OCH3 is 4. The first-order chi connectivity index (χ1) is 56.3. The molecule has 0 radical (unpaired) electrons. The van der Waals surface area contributed by atoms with E-state index in [4.69, 9.17) is 56.8 Å². The highest BCUT2D eigenvalue weighted by Gasteiger charge is 2.65. The Hall–Kier alpha value is -8.56. The van der Waals surface area contributed by atoms with Crippen molar-refractivity contribution in [1.82, 2.24) is 29.2 Å². The highest BCUT2D eigenvalue weighted by atomic mass is 32.2. The third kappa shape index (κ3) is 19.6. The zero-order chi connectivity index (χ0) is 84.2. The molecule has 4 amide bonds. The molecule has 6 aliphatic heterocycles. The maximum atomic E-state index is 15.0. The Morgan fingerprint density at radius 1 is 0.525 bits per heavy atom. The van der Waals surface area contributed by atoms with Crippen molar-refractivity contribution >= 4 is 88.7 Å². The molecule has 4 saturated heterocycles. The van der Waals surface area contributed by atoms with E-state index in [1.807, 2.05) is 50.3 Å². The second-order valence-corrected chi connectivity index (χ2v) is 39.3. The van der Waals surface area contributed by atoms with Crippen LogP contribution in [-0.4, -0.2) is 224 Å². The zero-order valence-corrected chi connectivity index (χ0v) is 70.8. The molecule has 4 saturated carbocycles. The fraction of sp³-hybridized carbons (Fsp3) is 0.651. The zero-order valence-electron chi connectivity index (χ0n) is 69.2. The van der Waals surface area contributed by atoms with Crippen LogP contribution in [0.15, 0.2) is 73.1 Å². The molecular weight excluding hydrogens is 1570 g/mol. The van der Waals surface area contributed by atoms with E-state index in [9.17, 15) is 55.2 Å². The summed E-state index contributed by atoms with van der Waals surface area (Å²) in [5, 5.41) is 2.61. The van der Waals surface area contributed by atoms with Crippen molar-refractivity contribution in [3.63, 3.8) is 0 Å². The maximum Gasteiger partial charge on any atom is 0.307 e. The van der Waals surface area contributed by atoms with Gasteiger partial charge >= 0.3 is 11.9 Å². The van der Waals surface area contributed by atoms with Gasteiger partial charge < -0.3 is 66.6 Å². The summed E-state index contributed by atoms with van der Waals surface area (Å²) in [5.74, 6) is -3.57. The summed E-state index contributed by atoms with van der Waals surface area (Å²) in [7, 11) is -1.65. The van der Waals surface area contributed by atoms with Gasteiger partial charge in [0.1, 0.15) is 60.6 Å². The van der Waals surface area contributed by atoms with Gasteiger partial charge in [0.15, 0.2) is 11.6 Å². The summed E-state index contributed by atoms with van der Waals surface area (Å²) in [6.07, 6.45) is 14.9. The predicted octanol–water partition coefficient (Wildman–Crippen LogP) is 9.08. The van der Waals surface area contributed by atoms with E-state index in [1.165, 1.54) is 9.80 Å². The Bertz CT molecular complexity index is 4420. The number of hydrogen-bond donors (Lipinski definition) is 2. The molecule has 0 unspecified atom stereocenters. The Balaban J connectivity index is 0.000000205. The minimum Gasteiger partial charge on any atom is -0.497 e. The van der Waals surface area contributed by atoms with E-state index in [1.54, 1.807) is 78.9 Å². The Morgan fingerprint density at radius 3 is 1.26 bits per heavy atom. The van der Waals surface area contributed by atoms with Crippen molar-refractivity contribution in [3.05, 3.63) is 73.1 Å². The first-order valence-electron chi connectivity index (χ1n) is 41.5. The molecule has 32 heteroatoms. The molecule has 2 aromatic carbocycles. The van der Waals surface area contributed by atoms with Crippen LogP contribution in [0.5, 0.6) is 34.8 Å². The molecule has 4 aromatic rings. The number of ketones is 2. The molecule has 2 aromatic heterocycles. The average molecular weight is 1680 g/mol. The van der Waals surface area contributed by atoms with Crippen LogP contribution in [0.3, 0.4) is 0 Å². The molecule has 14 rings (SSSR count). The minimum absolute atomic E-state index is 0.0141. The van der Waals surface area contributed by atoms with Gasteiger partial charge in [-0.1, -0.05) is 52.0 Å². The second kappa shape index (κ2) is 36.4. The largest absolute Gasteiger partial charge is 0.497 e. The predicted molar refractivity (Wildman–Crippen MR) is 430 cm³/mol. The number of hydrogen-bond acceptors (Lipinski definition) is 26. The van der Waals surface area contributed by atoms with Crippen LogP contribution in [0.25, 0.3) is 21.5 Å². The fourth-order valence-electron chi connectivity index (χ4n) is 17.4. The quantitative estimate of drug-likeness (QED) is 0.0336. The molecule has 2 N–H and O–H groups in total. The third-order valence-corrected chi connectivity index (χ3v) is 30.2. The molecule has 0 bridgehead atoms. The van der Waals surface area contributed by atoms with Gasteiger partial charge in [0.25, 0.3) is 0 Å². The topological polar surface area (TPSA) is 372 Å². The van der Waals surface area contributed by atoms with Crippen molar-refractivity contribution in [2.45, 2.75) is 203 Å². The fourth-order valence-corrected chi connectivity index (χ4v) is 20.0. The number of sulfonamides is 2. The summed E-state index contributed by atoms with van der Waals surface area (Å²) in [6.45, 7) is 13.9. The maximum absolute atomic E-state index is 15.0. The standard InChI is InChI=1S/2C43H57N3O12S/c2*1-26-8-6-7-9-28-20-43(28,41(50)45-59(51,52)42(3)12-13-42)21-36(47)35-18-30(23-46(35)40(49)33(27(2)16-26)19-38(48)57-31-24-55-25-31)58-39-32-11-10-29(54-5)17-34(32)37(22-44-39)56-15-14-53-4/h2*7,9-11,17,22,26-28,30-31,33,35H,6,8,12-16,18-21,23-25H2,1-5H3,(H,45,50)/b2*9-7-/t26-,27+,28+,30+,33-,35-,43+;26-,27-,28-,30-,33+,35+,43-/m01/s1. The number of carbonyl (C=O) groups excluding carboxylic acids is 8. The summed E-state index contributed by atoms with van der Waals surface area (Å²) in [4.78, 5) is 126. The molecule has 8 fully saturated rings. The van der Waals surface area contributed by atoms with Crippen LogP contribution < -0.4 is 37.9 Å². The van der Waals surface area contributed by atoms with Gasteiger partial charge in [0.05, 0.1) is 136 Å². The lowest BCUT2D eigenvalue weighted by atomic mass is 9.82. The molecular formula is C86H114N6O24S2. The number of ether oxygens (including phenoxy) is 12. The molecule has 0 spiro atoms. The first-order valence-corrected chi connectivity index (χ1v) is 44.5. The van der Waals surface area contributed by atoms with Crippen molar-refractivity contribution in [2.24, 2.45) is 58.2 Å². The normalized spacial score (nSPS) is 30.2. The molecule has 10 aliphatic rings. The van der Waals surface area contributed by atoms with Crippen LogP contribution in [-0.2, 0) is 86.8 Å². The number of amides is 4. The lowest BCUT2D eigenvalue weighted by Crippen LogP contribution is -2.48. The minimum atomic E-state index is -3.97. The van der Waals surface area contributed by atoms with Crippen LogP contribution in [0.4, 0.5) is 0 Å². The van der Waals surface area contributed by atoms with Crippen LogP contribution in [0, 0.1) is 58.2 Å². The van der Waals surface area contributed by atoms with E-state index < -0.39 is 100 Å². The lowest BCUT2D eigenvalue weighted by Gasteiger charge is -2.33. The van der Waals surface area contributed by atoms with Gasteiger partial charge in [-0.2, -0.15) is 0 Å². The summed E-state index contributed by atoms with van der Waals surface area (Å²) in [5.41, 5.74) is -2.58. The third-order valence-electron chi connectivity index (χ3n) is 25.9. The molecule has 14 atom stereocenters. The summed E-state index contributed by atoms with van der Waals surface area (Å²) in [6, 6.07) is 8.76. The van der Waals surface area contributed by atoms with Crippen LogP contribution in [0.2, 0.25) is 0 Å². The lowest BCUT2D eigenvalue weighted by molar-refractivity contribution is -0.175. The van der Waals surface area contributed by atoms with Gasteiger partial charge in [-0.15, -0.1) is 0 Å². The highest BCUT2D eigenvalue weighted by molar-refractivity contribution is 7.92. The molecule has 118 heavy (non-hydrogen) atoms. The Labute approximate surface area is 689 Å². The SMILES string of the molecule is COCCOc1cnc(O[C@@H]2C[C@H]3C(=O)C[C@]4(C(=O)NS(=O)(=O)C5(C)CC5)C[C@H]4/C=C\CC[C@@H](C)C[C@@H](C)[C@H](CC(=O)OC4COC4)C(=O)N3C2)c2ccc(OC)cc12.COCCOc1cnc(O[C@@H]2C[C@H]3C(=O)C[C@]4(C(=O)NS(=O)(=O)C5(C)CC5)C[C@H]4/C=C\CC[C@H](C)C[C@@H](C)[C@H](CC(=O)OC4COC4)C(=O)N3C2)c2ccc(OC)cc12. The second-order valence-electron chi connectivity index (χ2n) is 34.9. The van der Waals surface area contributed by atoms with Gasteiger partial charge in [-0.3, -0.25) is 47.8 Å². The van der Waals surface area contributed by atoms with Crippen molar-refractivity contribution in [3.8, 4) is 34.8 Å². The van der Waals surface area contributed by atoms with Gasteiger partial charge in [0, 0.05) is 61.4 Å². The van der Waals surface area contributed by atoms with E-state index in [-0.39, 0.29) is 148 Å². The summed E-state index contributed by atoms with van der Waals surface area (Å²) >= 11 is 0. The van der Waals surface area contributed by atoms with E-state index in [0.717, 1.165) is 12.8 Å². The summed E-state index contributed by atoms with van der Waals surface area (Å²) < 4.78 is 124. The van der Waals surface area contributed by atoms with Gasteiger partial charge in [-0.25, -0.2) is 26.8 Å². The van der Waals surface area contributed by atoms with E-state index in [0.29, 0.717) is 148 Å². The first kappa shape index (κ1) is 87.3. The molecule has 30 nitrogen and oxygen atoms in total.